The summed E-state index contributed by atoms with van der Waals surface area (Å²) in [6.45, 7) is 6.43. The van der Waals surface area contributed by atoms with Crippen molar-refractivity contribution in [3.63, 3.8) is 0 Å². The number of fused-ring (bicyclic) bond motifs is 1. The summed E-state index contributed by atoms with van der Waals surface area (Å²) in [6.07, 6.45) is 0.907. The van der Waals surface area contributed by atoms with E-state index in [1.807, 2.05) is 26.8 Å². The number of aromatic nitrogens is 5. The Bertz CT molecular complexity index is 1160. The van der Waals surface area contributed by atoms with Crippen molar-refractivity contribution >= 4 is 23.0 Å². The number of benzene rings is 1. The predicted molar refractivity (Wildman–Crippen MR) is 113 cm³/mol. The van der Waals surface area contributed by atoms with E-state index in [-0.39, 0.29) is 12.3 Å². The van der Waals surface area contributed by atoms with E-state index in [4.69, 9.17) is 0 Å². The van der Waals surface area contributed by atoms with Crippen molar-refractivity contribution in [2.45, 2.75) is 33.6 Å². The van der Waals surface area contributed by atoms with Gasteiger partial charge in [-0.3, -0.25) is 4.79 Å². The monoisotopic (exact) mass is 406 g/mol. The van der Waals surface area contributed by atoms with Gasteiger partial charge in [-0.1, -0.05) is 24.3 Å². The van der Waals surface area contributed by atoms with Gasteiger partial charge >= 0.3 is 0 Å². The molecule has 0 unspecified atom stereocenters. The Kier molecular flexibility index (Phi) is 5.35. The van der Waals surface area contributed by atoms with E-state index in [1.54, 1.807) is 15.9 Å². The molecule has 29 heavy (non-hydrogen) atoms. The standard InChI is InChI=1S/C21H22N6OS/c1-13-10-14(2)27-21(23-13)25-19(26-27)11-20(28)22-9-8-16-4-6-17(7-5-16)18-12-29-15(3)24-18/h4-7,10,12H,8-9,11H2,1-3H3,(H,22,28). The third kappa shape index (κ3) is 4.48. The molecule has 0 radical (unpaired) electrons. The second-order valence-electron chi connectivity index (χ2n) is 7.00. The zero-order valence-electron chi connectivity index (χ0n) is 16.6. The van der Waals surface area contributed by atoms with Crippen molar-refractivity contribution in [1.29, 1.82) is 0 Å². The molecule has 4 aromatic rings. The number of thiazole rings is 1. The molecular formula is C21H22N6OS. The Labute approximate surface area is 172 Å². The molecule has 0 aliphatic heterocycles. The Morgan fingerprint density at radius 3 is 2.62 bits per heavy atom. The molecule has 3 aromatic heterocycles. The number of rotatable bonds is 6. The van der Waals surface area contributed by atoms with E-state index in [0.29, 0.717) is 18.1 Å². The summed E-state index contributed by atoms with van der Waals surface area (Å²) in [7, 11) is 0. The first-order valence-electron chi connectivity index (χ1n) is 9.46. The maximum absolute atomic E-state index is 12.2. The molecule has 0 fully saturated rings. The molecule has 4 rings (SSSR count). The lowest BCUT2D eigenvalue weighted by molar-refractivity contribution is -0.120. The maximum atomic E-state index is 12.2. The van der Waals surface area contributed by atoms with Crippen LogP contribution in [0.2, 0.25) is 0 Å². The zero-order chi connectivity index (χ0) is 20.4. The highest BCUT2D eigenvalue weighted by atomic mass is 32.1. The van der Waals surface area contributed by atoms with E-state index in [9.17, 15) is 4.79 Å². The minimum Gasteiger partial charge on any atom is -0.355 e. The predicted octanol–water partition coefficient (Wildman–Crippen LogP) is 3.07. The Balaban J connectivity index is 1.30. The van der Waals surface area contributed by atoms with Crippen LogP contribution in [0.15, 0.2) is 35.7 Å². The van der Waals surface area contributed by atoms with Gasteiger partial charge in [0.05, 0.1) is 17.1 Å². The summed E-state index contributed by atoms with van der Waals surface area (Å²) in [6, 6.07) is 10.2. The number of aryl methyl sites for hydroxylation is 3. The number of nitrogens with one attached hydrogen (secondary N) is 1. The van der Waals surface area contributed by atoms with Crippen molar-refractivity contribution in [2.75, 3.05) is 6.54 Å². The Morgan fingerprint density at radius 2 is 1.90 bits per heavy atom. The summed E-state index contributed by atoms with van der Waals surface area (Å²) in [5.74, 6) is 0.914. The highest BCUT2D eigenvalue weighted by molar-refractivity contribution is 7.09. The molecule has 0 spiro atoms. The fraction of sp³-hybridized carbons (Fsp3) is 0.286. The quantitative estimate of drug-likeness (QED) is 0.532. The van der Waals surface area contributed by atoms with Crippen LogP contribution in [0.1, 0.15) is 27.8 Å². The van der Waals surface area contributed by atoms with Gasteiger partial charge in [-0.2, -0.15) is 4.98 Å². The molecule has 0 saturated heterocycles. The second kappa shape index (κ2) is 8.08. The number of nitrogens with zero attached hydrogens (tertiary/aromatic N) is 5. The summed E-state index contributed by atoms with van der Waals surface area (Å²) >= 11 is 1.65. The van der Waals surface area contributed by atoms with Crippen LogP contribution >= 0.6 is 11.3 Å². The largest absolute Gasteiger partial charge is 0.355 e. The Morgan fingerprint density at radius 1 is 1.10 bits per heavy atom. The van der Waals surface area contributed by atoms with Crippen LogP contribution in [0.25, 0.3) is 17.0 Å². The van der Waals surface area contributed by atoms with Crippen molar-refractivity contribution in [2.24, 2.45) is 0 Å². The molecule has 1 aromatic carbocycles. The third-order valence-corrected chi connectivity index (χ3v) is 5.36. The Hall–Kier alpha value is -3.13. The maximum Gasteiger partial charge on any atom is 0.252 e. The van der Waals surface area contributed by atoms with Gasteiger partial charge in [0.1, 0.15) is 0 Å². The van der Waals surface area contributed by atoms with Crippen LogP contribution < -0.4 is 5.32 Å². The lowest BCUT2D eigenvalue weighted by atomic mass is 10.1. The summed E-state index contributed by atoms with van der Waals surface area (Å²) in [5.41, 5.74) is 5.12. The van der Waals surface area contributed by atoms with Gasteiger partial charge in [0.15, 0.2) is 5.82 Å². The van der Waals surface area contributed by atoms with Crippen molar-refractivity contribution < 1.29 is 4.79 Å². The van der Waals surface area contributed by atoms with Crippen molar-refractivity contribution in [1.82, 2.24) is 29.9 Å². The molecule has 0 aliphatic carbocycles. The van der Waals surface area contributed by atoms with E-state index in [2.05, 4.69) is 55.0 Å². The molecule has 3 heterocycles. The molecule has 148 valence electrons. The minimum absolute atomic E-state index is 0.0927. The molecule has 0 aliphatic rings. The first-order valence-corrected chi connectivity index (χ1v) is 10.3. The normalized spacial score (nSPS) is 11.1. The molecule has 1 amide bonds. The van der Waals surface area contributed by atoms with E-state index < -0.39 is 0 Å². The van der Waals surface area contributed by atoms with Gasteiger partial charge in [0.25, 0.3) is 5.78 Å². The molecule has 7 nitrogen and oxygen atoms in total. The van der Waals surface area contributed by atoms with Gasteiger partial charge < -0.3 is 5.32 Å². The molecular weight excluding hydrogens is 384 g/mol. The van der Waals surface area contributed by atoms with Gasteiger partial charge in [-0.25, -0.2) is 14.5 Å². The number of carbonyl (C=O) groups is 1. The first-order chi connectivity index (χ1) is 14.0. The lowest BCUT2D eigenvalue weighted by Crippen LogP contribution is -2.27. The third-order valence-electron chi connectivity index (χ3n) is 4.59. The van der Waals surface area contributed by atoms with Crippen LogP contribution in [-0.4, -0.2) is 37.0 Å². The molecule has 0 bridgehead atoms. The van der Waals surface area contributed by atoms with Crippen LogP contribution in [0.3, 0.4) is 0 Å². The highest BCUT2D eigenvalue weighted by Gasteiger charge is 2.11. The van der Waals surface area contributed by atoms with E-state index >= 15 is 0 Å². The van der Waals surface area contributed by atoms with Crippen molar-refractivity contribution in [3.8, 4) is 11.3 Å². The highest BCUT2D eigenvalue weighted by Crippen LogP contribution is 2.21. The number of carbonyl (C=O) groups excluding carboxylic acids is 1. The van der Waals surface area contributed by atoms with Crippen LogP contribution in [0, 0.1) is 20.8 Å². The molecule has 0 atom stereocenters. The zero-order valence-corrected chi connectivity index (χ0v) is 17.5. The van der Waals surface area contributed by atoms with E-state index in [0.717, 1.165) is 34.1 Å². The average molecular weight is 407 g/mol. The topological polar surface area (TPSA) is 85.1 Å². The van der Waals surface area contributed by atoms with Crippen LogP contribution in [0.4, 0.5) is 0 Å². The van der Waals surface area contributed by atoms with Gasteiger partial charge in [-0.15, -0.1) is 16.4 Å². The summed E-state index contributed by atoms with van der Waals surface area (Å²) in [5, 5.41) is 10.4. The van der Waals surface area contributed by atoms with E-state index in [1.165, 1.54) is 5.56 Å². The van der Waals surface area contributed by atoms with Crippen LogP contribution in [-0.2, 0) is 17.6 Å². The molecule has 8 heteroatoms. The van der Waals surface area contributed by atoms with Crippen molar-refractivity contribution in [3.05, 3.63) is 63.5 Å². The minimum atomic E-state index is -0.0927. The lowest BCUT2D eigenvalue weighted by Gasteiger charge is -2.05. The number of amides is 1. The second-order valence-corrected chi connectivity index (χ2v) is 8.07. The van der Waals surface area contributed by atoms with Gasteiger partial charge in [0, 0.05) is 28.9 Å². The average Bonchev–Trinajstić information content (AvgIpc) is 3.28. The fourth-order valence-electron chi connectivity index (χ4n) is 3.17. The van der Waals surface area contributed by atoms with Gasteiger partial charge in [0.2, 0.25) is 5.91 Å². The molecule has 1 N–H and O–H groups in total. The smallest absolute Gasteiger partial charge is 0.252 e. The van der Waals surface area contributed by atoms with Crippen LogP contribution in [0.5, 0.6) is 0 Å². The summed E-state index contributed by atoms with van der Waals surface area (Å²) in [4.78, 5) is 25.5. The summed E-state index contributed by atoms with van der Waals surface area (Å²) < 4.78 is 1.67. The first kappa shape index (κ1) is 19.2. The fourth-order valence-corrected chi connectivity index (χ4v) is 3.80. The number of hydrogen-bond acceptors (Lipinski definition) is 6. The molecule has 0 saturated carbocycles. The SMILES string of the molecule is Cc1cc(C)n2nc(CC(=O)NCCc3ccc(-c4csc(C)n4)cc3)nc2n1. The van der Waals surface area contributed by atoms with Gasteiger partial charge in [-0.05, 0) is 38.8 Å². The number of hydrogen-bond donors (Lipinski definition) is 1.